The van der Waals surface area contributed by atoms with Crippen LogP contribution in [0.5, 0.6) is 0 Å². The van der Waals surface area contributed by atoms with Crippen LogP contribution in [0.15, 0.2) is 9.52 Å². The molecule has 2 rings (SSSR count). The van der Waals surface area contributed by atoms with Crippen molar-refractivity contribution in [3.05, 3.63) is 11.7 Å². The van der Waals surface area contributed by atoms with Crippen LogP contribution in [-0.2, 0) is 6.42 Å². The van der Waals surface area contributed by atoms with Crippen LogP contribution in [0, 0.1) is 0 Å². The van der Waals surface area contributed by atoms with Crippen LogP contribution in [0.1, 0.15) is 44.8 Å². The molecule has 0 bridgehead atoms. The molecule has 1 aliphatic heterocycles. The molecule has 1 aromatic heterocycles. The van der Waals surface area contributed by atoms with Crippen molar-refractivity contribution in [1.29, 1.82) is 0 Å². The van der Waals surface area contributed by atoms with Gasteiger partial charge in [0.2, 0.25) is 5.89 Å². The van der Waals surface area contributed by atoms with Crippen LogP contribution >= 0.6 is 24.0 Å². The molecule has 0 radical (unpaired) electrons. The van der Waals surface area contributed by atoms with Gasteiger partial charge in [-0.15, -0.1) is 24.0 Å². The van der Waals surface area contributed by atoms with Gasteiger partial charge in [-0.05, 0) is 13.3 Å². The molecule has 27 heavy (non-hydrogen) atoms. The Morgan fingerprint density at radius 3 is 2.74 bits per heavy atom. The molecule has 2 N–H and O–H groups in total. The average Bonchev–Trinajstić information content (AvgIpc) is 3.15. The number of alkyl halides is 3. The molecule has 1 aliphatic rings. The number of aliphatic imine (C=N–C) groups is 1. The highest BCUT2D eigenvalue weighted by molar-refractivity contribution is 14.0. The summed E-state index contributed by atoms with van der Waals surface area (Å²) in [6, 6.07) is -0.0499. The van der Waals surface area contributed by atoms with E-state index in [1.54, 1.807) is 0 Å². The van der Waals surface area contributed by atoms with E-state index in [0.717, 1.165) is 0 Å². The van der Waals surface area contributed by atoms with Crippen molar-refractivity contribution in [3.63, 3.8) is 0 Å². The van der Waals surface area contributed by atoms with E-state index in [-0.39, 0.29) is 35.9 Å². The van der Waals surface area contributed by atoms with Gasteiger partial charge in [0, 0.05) is 38.0 Å². The SMILES string of the molecule is CCNC(=NCCc1nc(C(C)C)no1)NC1CCN(CC(F)(F)F)C1.I. The molecule has 1 aromatic rings. The topological polar surface area (TPSA) is 78.6 Å². The fraction of sp³-hybridized carbons (Fsp3) is 0.812. The number of guanidine groups is 1. The smallest absolute Gasteiger partial charge is 0.357 e. The number of hydrogen-bond donors (Lipinski definition) is 2. The number of halogens is 4. The van der Waals surface area contributed by atoms with Gasteiger partial charge in [0.1, 0.15) is 0 Å². The van der Waals surface area contributed by atoms with Crippen molar-refractivity contribution in [3.8, 4) is 0 Å². The molecule has 2 heterocycles. The third-order valence-corrected chi connectivity index (χ3v) is 3.96. The molecule has 0 spiro atoms. The Kier molecular flexibility index (Phi) is 9.77. The maximum absolute atomic E-state index is 12.5. The van der Waals surface area contributed by atoms with E-state index in [2.05, 4.69) is 25.8 Å². The molecule has 0 aliphatic carbocycles. The summed E-state index contributed by atoms with van der Waals surface area (Å²) >= 11 is 0. The Balaban J connectivity index is 0.00000364. The second-order valence-corrected chi connectivity index (χ2v) is 6.69. The third-order valence-electron chi connectivity index (χ3n) is 3.96. The maximum atomic E-state index is 12.5. The normalized spacial score (nSPS) is 18.6. The number of hydrogen-bond acceptors (Lipinski definition) is 5. The largest absolute Gasteiger partial charge is 0.401 e. The van der Waals surface area contributed by atoms with Crippen molar-refractivity contribution >= 4 is 29.9 Å². The van der Waals surface area contributed by atoms with E-state index in [1.165, 1.54) is 4.90 Å². The highest BCUT2D eigenvalue weighted by atomic mass is 127. The zero-order valence-corrected chi connectivity index (χ0v) is 18.2. The van der Waals surface area contributed by atoms with E-state index in [9.17, 15) is 13.2 Å². The van der Waals surface area contributed by atoms with Crippen LogP contribution in [-0.4, -0.2) is 65.9 Å². The van der Waals surface area contributed by atoms with Crippen LogP contribution in [0.4, 0.5) is 13.2 Å². The molecule has 0 aromatic carbocycles. The molecule has 0 saturated carbocycles. The maximum Gasteiger partial charge on any atom is 0.401 e. The number of likely N-dealkylation sites (tertiary alicyclic amines) is 1. The van der Waals surface area contributed by atoms with Gasteiger partial charge < -0.3 is 15.2 Å². The lowest BCUT2D eigenvalue weighted by molar-refractivity contribution is -0.143. The van der Waals surface area contributed by atoms with Crippen molar-refractivity contribution in [2.24, 2.45) is 4.99 Å². The lowest BCUT2D eigenvalue weighted by atomic mass is 10.2. The van der Waals surface area contributed by atoms with Crippen LogP contribution in [0.2, 0.25) is 0 Å². The quantitative estimate of drug-likeness (QED) is 0.338. The fourth-order valence-corrected chi connectivity index (χ4v) is 2.73. The summed E-state index contributed by atoms with van der Waals surface area (Å²) in [5, 5.41) is 10.2. The molecular weight excluding hydrogens is 476 g/mol. The van der Waals surface area contributed by atoms with Crippen molar-refractivity contribution < 1.29 is 17.7 Å². The number of nitrogens with one attached hydrogen (secondary N) is 2. The Labute approximate surface area is 174 Å². The second kappa shape index (κ2) is 11.0. The van der Waals surface area contributed by atoms with Gasteiger partial charge in [-0.1, -0.05) is 19.0 Å². The average molecular weight is 504 g/mol. The molecule has 0 amide bonds. The van der Waals surface area contributed by atoms with Crippen LogP contribution in [0.25, 0.3) is 0 Å². The minimum Gasteiger partial charge on any atom is -0.357 e. The van der Waals surface area contributed by atoms with Gasteiger partial charge in [0.15, 0.2) is 11.8 Å². The monoisotopic (exact) mass is 504 g/mol. The molecule has 1 atom stereocenters. The van der Waals surface area contributed by atoms with E-state index < -0.39 is 12.7 Å². The predicted molar refractivity (Wildman–Crippen MR) is 108 cm³/mol. The van der Waals surface area contributed by atoms with Crippen molar-refractivity contribution in [2.75, 3.05) is 32.7 Å². The van der Waals surface area contributed by atoms with E-state index in [1.807, 2.05) is 20.8 Å². The summed E-state index contributed by atoms with van der Waals surface area (Å²) in [6.45, 7) is 6.95. The van der Waals surface area contributed by atoms with Crippen LogP contribution < -0.4 is 10.6 Å². The minimum atomic E-state index is -4.16. The molecule has 7 nitrogen and oxygen atoms in total. The first kappa shape index (κ1) is 23.9. The first-order valence-corrected chi connectivity index (χ1v) is 8.93. The van der Waals surface area contributed by atoms with E-state index >= 15 is 0 Å². The second-order valence-electron chi connectivity index (χ2n) is 6.69. The zero-order chi connectivity index (χ0) is 19.2. The Morgan fingerprint density at radius 2 is 2.15 bits per heavy atom. The lowest BCUT2D eigenvalue weighted by Gasteiger charge is -2.19. The first-order valence-electron chi connectivity index (χ1n) is 8.93. The minimum absolute atomic E-state index is 0. The molecule has 1 saturated heterocycles. The summed E-state index contributed by atoms with van der Waals surface area (Å²) in [6.07, 6.45) is -2.99. The summed E-state index contributed by atoms with van der Waals surface area (Å²) in [5.74, 6) is 2.00. The summed E-state index contributed by atoms with van der Waals surface area (Å²) < 4.78 is 42.6. The van der Waals surface area contributed by atoms with Gasteiger partial charge in [-0.3, -0.25) is 9.89 Å². The highest BCUT2D eigenvalue weighted by Crippen LogP contribution is 2.19. The predicted octanol–water partition coefficient (Wildman–Crippen LogP) is 2.55. The van der Waals surface area contributed by atoms with Crippen molar-refractivity contribution in [2.45, 2.75) is 51.7 Å². The van der Waals surface area contributed by atoms with Gasteiger partial charge in [0.25, 0.3) is 0 Å². The molecule has 1 unspecified atom stereocenters. The van der Waals surface area contributed by atoms with Crippen molar-refractivity contribution in [1.82, 2.24) is 25.7 Å². The van der Waals surface area contributed by atoms with E-state index in [0.29, 0.717) is 56.7 Å². The summed E-state index contributed by atoms with van der Waals surface area (Å²) in [4.78, 5) is 10.2. The summed E-state index contributed by atoms with van der Waals surface area (Å²) in [7, 11) is 0. The third kappa shape index (κ3) is 8.62. The fourth-order valence-electron chi connectivity index (χ4n) is 2.73. The van der Waals surface area contributed by atoms with Gasteiger partial charge in [0.05, 0.1) is 13.1 Å². The molecule has 1 fully saturated rings. The number of rotatable bonds is 7. The number of nitrogens with zero attached hydrogens (tertiary/aromatic N) is 4. The Hall–Kier alpha value is -1.11. The highest BCUT2D eigenvalue weighted by Gasteiger charge is 2.34. The first-order chi connectivity index (χ1) is 12.3. The van der Waals surface area contributed by atoms with Crippen LogP contribution in [0.3, 0.4) is 0 Å². The Morgan fingerprint density at radius 1 is 1.41 bits per heavy atom. The van der Waals surface area contributed by atoms with Gasteiger partial charge in [-0.25, -0.2) is 0 Å². The molecule has 156 valence electrons. The number of aromatic nitrogens is 2. The lowest BCUT2D eigenvalue weighted by Crippen LogP contribution is -2.45. The molecule has 11 heteroatoms. The van der Waals surface area contributed by atoms with E-state index in [4.69, 9.17) is 4.52 Å². The standard InChI is InChI=1S/C16H27F3N6O.HI/c1-4-20-15(21-7-5-13-23-14(11(2)3)24-26-13)22-12-6-8-25(9-12)10-16(17,18)19;/h11-12H,4-10H2,1-3H3,(H2,20,21,22);1H. The van der Waals surface area contributed by atoms with Gasteiger partial charge in [-0.2, -0.15) is 18.2 Å². The zero-order valence-electron chi connectivity index (χ0n) is 15.8. The summed E-state index contributed by atoms with van der Waals surface area (Å²) in [5.41, 5.74) is 0. The molecular formula is C16H28F3IN6O. The van der Waals surface area contributed by atoms with Gasteiger partial charge >= 0.3 is 6.18 Å². The Bertz CT molecular complexity index is 593.